The molecule has 0 amide bonds. The molecule has 156 valence electrons. The van der Waals surface area contributed by atoms with E-state index in [1.54, 1.807) is 35.6 Å². The molecule has 0 aliphatic carbocycles. The largest absolute Gasteiger partial charge is 0.310 e. The molecule has 4 rings (SSSR count). The van der Waals surface area contributed by atoms with Crippen molar-refractivity contribution in [2.24, 2.45) is 0 Å². The number of hydrogen-bond donors (Lipinski definition) is 0. The lowest BCUT2D eigenvalue weighted by molar-refractivity contribution is -0.385. The van der Waals surface area contributed by atoms with Crippen LogP contribution in [0.25, 0.3) is 10.1 Å². The number of anilines is 3. The fraction of sp³-hybridized carbons (Fsp3) is 0.130. The molecule has 1 heterocycles. The van der Waals surface area contributed by atoms with Gasteiger partial charge in [-0.2, -0.15) is 0 Å². The number of fused-ring (bicyclic) bond motifs is 1. The van der Waals surface area contributed by atoms with Gasteiger partial charge in [0.1, 0.15) is 0 Å². The molecule has 7 nitrogen and oxygen atoms in total. The highest BCUT2D eigenvalue weighted by Gasteiger charge is 2.19. The Balaban J connectivity index is 1.91. The fourth-order valence-electron chi connectivity index (χ4n) is 3.60. The number of rotatable bonds is 5. The van der Waals surface area contributed by atoms with E-state index in [0.29, 0.717) is 0 Å². The third-order valence-electron chi connectivity index (χ3n) is 5.37. The molecule has 3 aromatic carbocycles. The zero-order chi connectivity index (χ0) is 22.3. The summed E-state index contributed by atoms with van der Waals surface area (Å²) in [5.41, 5.74) is 4.67. The van der Waals surface area contributed by atoms with Gasteiger partial charge >= 0.3 is 0 Å². The average Bonchev–Trinajstić information content (AvgIpc) is 3.02. The molecule has 0 fully saturated rings. The summed E-state index contributed by atoms with van der Waals surface area (Å²) in [6.07, 6.45) is 0. The molecule has 0 bridgehead atoms. The van der Waals surface area contributed by atoms with E-state index in [1.807, 2.05) is 11.8 Å². The maximum Gasteiger partial charge on any atom is 0.269 e. The van der Waals surface area contributed by atoms with Gasteiger partial charge in [-0.05, 0) is 73.7 Å². The van der Waals surface area contributed by atoms with E-state index in [0.717, 1.165) is 27.3 Å². The van der Waals surface area contributed by atoms with Gasteiger partial charge in [0, 0.05) is 45.2 Å². The molecule has 0 unspecified atom stereocenters. The molecular weight excluding hydrogens is 414 g/mol. The minimum Gasteiger partial charge on any atom is -0.310 e. The SMILES string of the molecule is Cc1cc2c(C)c(C)sc2cc1N(c1ccc([N+](=O)[O-])cc1)c1ccc([N+](=O)[O-])cc1. The van der Waals surface area contributed by atoms with Crippen molar-refractivity contribution in [3.63, 3.8) is 0 Å². The Morgan fingerprint density at radius 1 is 0.774 bits per heavy atom. The minimum absolute atomic E-state index is 0.00378. The summed E-state index contributed by atoms with van der Waals surface area (Å²) < 4.78 is 1.14. The first kappa shape index (κ1) is 20.5. The van der Waals surface area contributed by atoms with Crippen LogP contribution in [0.15, 0.2) is 60.7 Å². The summed E-state index contributed by atoms with van der Waals surface area (Å²) in [5, 5.41) is 23.4. The number of benzene rings is 3. The highest BCUT2D eigenvalue weighted by molar-refractivity contribution is 7.19. The Kier molecular flexibility index (Phi) is 5.16. The van der Waals surface area contributed by atoms with Gasteiger partial charge in [-0.3, -0.25) is 20.2 Å². The quantitative estimate of drug-likeness (QED) is 0.247. The van der Waals surface area contributed by atoms with Crippen LogP contribution in [-0.4, -0.2) is 9.85 Å². The third-order valence-corrected chi connectivity index (χ3v) is 6.54. The molecule has 0 atom stereocenters. The molecule has 1 aromatic heterocycles. The van der Waals surface area contributed by atoms with Gasteiger partial charge in [-0.1, -0.05) is 0 Å². The zero-order valence-corrected chi connectivity index (χ0v) is 18.0. The van der Waals surface area contributed by atoms with Crippen LogP contribution >= 0.6 is 11.3 Å². The number of thiophene rings is 1. The van der Waals surface area contributed by atoms with Crippen LogP contribution in [0, 0.1) is 41.0 Å². The van der Waals surface area contributed by atoms with E-state index in [1.165, 1.54) is 40.1 Å². The zero-order valence-electron chi connectivity index (χ0n) is 17.2. The number of aryl methyl sites for hydroxylation is 3. The van der Waals surface area contributed by atoms with Crippen LogP contribution in [0.4, 0.5) is 28.4 Å². The van der Waals surface area contributed by atoms with Gasteiger partial charge < -0.3 is 4.90 Å². The second-order valence-corrected chi connectivity index (χ2v) is 8.56. The molecule has 8 heteroatoms. The van der Waals surface area contributed by atoms with E-state index >= 15 is 0 Å². The first-order chi connectivity index (χ1) is 14.8. The molecular formula is C23H19N3O4S. The maximum absolute atomic E-state index is 11.1. The standard InChI is InChI=1S/C23H19N3O4S/c1-14-12-21-15(2)16(3)31-23(21)13-22(14)24(17-4-8-19(9-5-17)25(27)28)18-6-10-20(11-7-18)26(29)30/h4-13H,1-3H3. The Morgan fingerprint density at radius 2 is 1.26 bits per heavy atom. The molecule has 0 aliphatic rings. The summed E-state index contributed by atoms with van der Waals surface area (Å²) in [7, 11) is 0. The Bertz CT molecular complexity index is 1250. The maximum atomic E-state index is 11.1. The third kappa shape index (κ3) is 3.73. The second-order valence-electron chi connectivity index (χ2n) is 7.30. The Labute approximate surface area is 182 Å². The normalized spacial score (nSPS) is 10.9. The topological polar surface area (TPSA) is 89.5 Å². The molecule has 0 N–H and O–H groups in total. The lowest BCUT2D eigenvalue weighted by atomic mass is 10.1. The van der Waals surface area contributed by atoms with E-state index in [4.69, 9.17) is 0 Å². The molecule has 0 radical (unpaired) electrons. The van der Waals surface area contributed by atoms with E-state index in [-0.39, 0.29) is 11.4 Å². The predicted octanol–water partition coefficient (Wildman–Crippen LogP) is 7.11. The molecule has 31 heavy (non-hydrogen) atoms. The van der Waals surface area contributed by atoms with E-state index in [9.17, 15) is 20.2 Å². The van der Waals surface area contributed by atoms with Crippen molar-refractivity contribution >= 4 is 49.9 Å². The van der Waals surface area contributed by atoms with Crippen LogP contribution in [-0.2, 0) is 0 Å². The molecule has 0 saturated heterocycles. The molecule has 0 aliphatic heterocycles. The number of hydrogen-bond acceptors (Lipinski definition) is 6. The van der Waals surface area contributed by atoms with Gasteiger partial charge in [0.25, 0.3) is 11.4 Å². The summed E-state index contributed by atoms with van der Waals surface area (Å²) in [5.74, 6) is 0. The van der Waals surface area contributed by atoms with E-state index < -0.39 is 9.85 Å². The lowest BCUT2D eigenvalue weighted by Gasteiger charge is -2.27. The second kappa shape index (κ2) is 7.81. The van der Waals surface area contributed by atoms with Crippen LogP contribution in [0.3, 0.4) is 0 Å². The van der Waals surface area contributed by atoms with Gasteiger partial charge in [-0.15, -0.1) is 11.3 Å². The summed E-state index contributed by atoms with van der Waals surface area (Å²) in [6.45, 7) is 6.22. The molecule has 0 saturated carbocycles. The van der Waals surface area contributed by atoms with Crippen molar-refractivity contribution in [1.82, 2.24) is 0 Å². The highest BCUT2D eigenvalue weighted by atomic mass is 32.1. The van der Waals surface area contributed by atoms with Gasteiger partial charge in [0.15, 0.2) is 0 Å². The predicted molar refractivity (Wildman–Crippen MR) is 124 cm³/mol. The van der Waals surface area contributed by atoms with Crippen molar-refractivity contribution in [3.05, 3.63) is 96.9 Å². The number of nitro groups is 2. The van der Waals surface area contributed by atoms with Crippen LogP contribution in [0.5, 0.6) is 0 Å². The first-order valence-electron chi connectivity index (χ1n) is 9.55. The van der Waals surface area contributed by atoms with Crippen molar-refractivity contribution in [2.75, 3.05) is 4.90 Å². The van der Waals surface area contributed by atoms with Gasteiger partial charge in [-0.25, -0.2) is 0 Å². The van der Waals surface area contributed by atoms with Crippen LogP contribution in [0.1, 0.15) is 16.0 Å². The van der Waals surface area contributed by atoms with Crippen molar-refractivity contribution in [2.45, 2.75) is 20.8 Å². The fourth-order valence-corrected chi connectivity index (χ4v) is 4.69. The lowest BCUT2D eigenvalue weighted by Crippen LogP contribution is -2.11. The smallest absolute Gasteiger partial charge is 0.269 e. The highest BCUT2D eigenvalue weighted by Crippen LogP contribution is 2.41. The molecule has 4 aromatic rings. The van der Waals surface area contributed by atoms with Crippen molar-refractivity contribution < 1.29 is 9.85 Å². The Morgan fingerprint density at radius 3 is 1.71 bits per heavy atom. The van der Waals surface area contributed by atoms with Gasteiger partial charge in [0.2, 0.25) is 0 Å². The van der Waals surface area contributed by atoms with Crippen molar-refractivity contribution in [1.29, 1.82) is 0 Å². The average molecular weight is 433 g/mol. The summed E-state index contributed by atoms with van der Waals surface area (Å²) in [6, 6.07) is 16.8. The van der Waals surface area contributed by atoms with E-state index in [2.05, 4.69) is 26.0 Å². The summed E-state index contributed by atoms with van der Waals surface area (Å²) in [4.78, 5) is 24.5. The van der Waals surface area contributed by atoms with Gasteiger partial charge in [0.05, 0.1) is 15.5 Å². The first-order valence-corrected chi connectivity index (χ1v) is 10.4. The molecule has 0 spiro atoms. The van der Waals surface area contributed by atoms with Crippen LogP contribution in [0.2, 0.25) is 0 Å². The number of nitro benzene ring substituents is 2. The number of nitrogens with zero attached hydrogens (tertiary/aromatic N) is 3. The summed E-state index contributed by atoms with van der Waals surface area (Å²) >= 11 is 1.72. The van der Waals surface area contributed by atoms with Crippen LogP contribution < -0.4 is 4.90 Å². The minimum atomic E-state index is -0.436. The monoisotopic (exact) mass is 433 g/mol. The number of non-ortho nitro benzene ring substituents is 2. The van der Waals surface area contributed by atoms with Crippen molar-refractivity contribution in [3.8, 4) is 0 Å². The Hall–Kier alpha value is -3.78.